The minimum absolute atomic E-state index is 0.0181. The minimum atomic E-state index is -3.78. The van der Waals surface area contributed by atoms with Crippen molar-refractivity contribution in [2.45, 2.75) is 138 Å². The van der Waals surface area contributed by atoms with E-state index >= 15 is 0 Å². The van der Waals surface area contributed by atoms with Crippen LogP contribution in [0.4, 0.5) is 10.9 Å². The second kappa shape index (κ2) is 23.0. The van der Waals surface area contributed by atoms with E-state index in [1.165, 1.54) is 47.2 Å². The molecule has 4 aromatic carbocycles. The Bertz CT molecular complexity index is 3580. The molecular formula is C67H83N7O7S2Si. The van der Waals surface area contributed by atoms with Gasteiger partial charge in [-0.05, 0) is 156 Å². The molecule has 12 rings (SSSR count). The molecule has 7 aromatic rings. The lowest BCUT2D eigenvalue weighted by Crippen LogP contribution is -2.66. The van der Waals surface area contributed by atoms with Crippen LogP contribution in [-0.4, -0.2) is 92.1 Å². The van der Waals surface area contributed by atoms with Crippen molar-refractivity contribution in [1.29, 1.82) is 0 Å². The largest absolute Gasteiger partial charge is 0.476 e. The summed E-state index contributed by atoms with van der Waals surface area (Å²) >= 11 is 1.45. The molecule has 5 aliphatic rings. The highest BCUT2D eigenvalue weighted by Crippen LogP contribution is 2.75. The van der Waals surface area contributed by atoms with Crippen molar-refractivity contribution in [2.24, 2.45) is 27.1 Å². The zero-order chi connectivity index (χ0) is 59.3. The predicted molar refractivity (Wildman–Crippen MR) is 339 cm³/mol. The Morgan fingerprint density at radius 1 is 0.810 bits per heavy atom. The first kappa shape index (κ1) is 59.6. The predicted octanol–water partition coefficient (Wildman–Crippen LogP) is 12.5. The molecule has 4 bridgehead atoms. The molecule has 4 heterocycles. The maximum atomic E-state index is 14.1. The van der Waals surface area contributed by atoms with Crippen molar-refractivity contribution < 1.29 is 31.7 Å². The second-order valence-corrected chi connectivity index (χ2v) is 34.8. The Kier molecular flexibility index (Phi) is 16.3. The van der Waals surface area contributed by atoms with Crippen LogP contribution >= 0.6 is 11.3 Å². The van der Waals surface area contributed by atoms with Gasteiger partial charge in [-0.25, -0.2) is 14.8 Å². The highest BCUT2D eigenvalue weighted by atomic mass is 32.2. The van der Waals surface area contributed by atoms with Gasteiger partial charge in [-0.1, -0.05) is 151 Å². The number of carbonyl (C=O) groups is 2. The summed E-state index contributed by atoms with van der Waals surface area (Å²) in [4.78, 5) is 38.3. The molecule has 4 saturated carbocycles. The van der Waals surface area contributed by atoms with Gasteiger partial charge >= 0.3 is 5.97 Å². The number of carbonyl (C=O) groups excluding carboxylic acids is 1. The molecule has 3 N–H and O–H groups in total. The van der Waals surface area contributed by atoms with Crippen molar-refractivity contribution in [2.75, 3.05) is 48.8 Å². The smallest absolute Gasteiger partial charge is 0.355 e. The number of anilines is 2. The Labute approximate surface area is 501 Å². The number of hydrogen-bond acceptors (Lipinski definition) is 12. The Balaban J connectivity index is 0.743. The number of aromatic nitrogens is 4. The van der Waals surface area contributed by atoms with Crippen LogP contribution in [0, 0.1) is 34.0 Å². The normalized spacial score (nSPS) is 22.4. The number of fused-ring (bicyclic) bond motifs is 2. The monoisotopic (exact) mass is 1190 g/mol. The third-order valence-electron chi connectivity index (χ3n) is 18.8. The molecule has 4 fully saturated rings. The molecule has 1 amide bonds. The van der Waals surface area contributed by atoms with E-state index in [9.17, 15) is 23.1 Å². The summed E-state index contributed by atoms with van der Waals surface area (Å²) in [5.41, 5.74) is 5.59. The van der Waals surface area contributed by atoms with Crippen LogP contribution < -0.4 is 25.9 Å². The van der Waals surface area contributed by atoms with E-state index in [1.807, 2.05) is 54.6 Å². The third-order valence-corrected chi connectivity index (χ3v) is 26.0. The van der Waals surface area contributed by atoms with Gasteiger partial charge in [-0.15, -0.1) is 0 Å². The maximum absolute atomic E-state index is 14.1. The van der Waals surface area contributed by atoms with E-state index in [1.54, 1.807) is 6.07 Å². The number of benzene rings is 4. The molecule has 0 spiro atoms. The van der Waals surface area contributed by atoms with Gasteiger partial charge in [0.15, 0.2) is 16.6 Å². The summed E-state index contributed by atoms with van der Waals surface area (Å²) in [6, 6.07) is 38.5. The van der Waals surface area contributed by atoms with Crippen molar-refractivity contribution in [3.05, 3.63) is 150 Å². The van der Waals surface area contributed by atoms with E-state index in [0.29, 0.717) is 67.7 Å². The number of carboxylic acids is 1. The number of para-hydroxylation sites is 1. The fourth-order valence-corrected chi connectivity index (χ4v) is 23.0. The molecule has 4 aliphatic carbocycles. The van der Waals surface area contributed by atoms with Gasteiger partial charge in [0, 0.05) is 61.4 Å². The van der Waals surface area contributed by atoms with Crippen LogP contribution in [-0.2, 0) is 38.2 Å². The number of nitrogens with one attached hydrogen (secondary N) is 2. The molecule has 1 aliphatic heterocycles. The first-order chi connectivity index (χ1) is 39.9. The van der Waals surface area contributed by atoms with Crippen LogP contribution in [0.3, 0.4) is 0 Å². The van der Waals surface area contributed by atoms with E-state index in [0.717, 1.165) is 71.2 Å². The van der Waals surface area contributed by atoms with E-state index in [-0.39, 0.29) is 50.7 Å². The topological polar surface area (TPSA) is 178 Å². The lowest BCUT2D eigenvalue weighted by Gasteiger charge is -2.70. The average Bonchev–Trinajstić information content (AvgIpc) is 0.813. The van der Waals surface area contributed by atoms with E-state index < -0.39 is 29.8 Å². The first-order valence-electron chi connectivity index (χ1n) is 30.0. The summed E-state index contributed by atoms with van der Waals surface area (Å²) in [5, 5.41) is 25.4. The summed E-state index contributed by atoms with van der Waals surface area (Å²) in [7, 11) is -6.51. The number of rotatable bonds is 23. The minimum Gasteiger partial charge on any atom is -0.476 e. The maximum Gasteiger partial charge on any atom is 0.355 e. The van der Waals surface area contributed by atoms with Gasteiger partial charge in [-0.2, -0.15) is 13.5 Å². The third kappa shape index (κ3) is 12.2. The molecule has 84 heavy (non-hydrogen) atoms. The number of nitrogens with zero attached hydrogens (tertiary/aromatic N) is 5. The summed E-state index contributed by atoms with van der Waals surface area (Å²) in [6.07, 6.45) is 11.6. The van der Waals surface area contributed by atoms with Crippen molar-refractivity contribution in [3.63, 3.8) is 0 Å². The summed E-state index contributed by atoms with van der Waals surface area (Å²) < 4.78 is 42.9. The van der Waals surface area contributed by atoms with Crippen molar-refractivity contribution in [1.82, 2.24) is 25.1 Å². The number of carboxylic acid groups (broad SMARTS) is 1. The van der Waals surface area contributed by atoms with Crippen molar-refractivity contribution in [3.8, 4) is 11.1 Å². The highest BCUT2D eigenvalue weighted by molar-refractivity contribution is 7.86. The first-order valence-corrected chi connectivity index (χ1v) is 34.3. The second-order valence-electron chi connectivity index (χ2n) is 27.7. The fraction of sp³-hybridized carbons (Fsp3) is 0.478. The van der Waals surface area contributed by atoms with Gasteiger partial charge in [0.25, 0.3) is 24.3 Å². The molecule has 444 valence electrons. The number of aromatic carboxylic acids is 1. The molecule has 17 heteroatoms. The highest BCUT2D eigenvalue weighted by Gasteiger charge is 2.65. The van der Waals surface area contributed by atoms with Crippen LogP contribution in [0.5, 0.6) is 0 Å². The molecule has 0 radical (unpaired) electrons. The molecule has 2 unspecified atom stereocenters. The van der Waals surface area contributed by atoms with E-state index in [4.69, 9.17) is 13.7 Å². The Morgan fingerprint density at radius 3 is 2.17 bits per heavy atom. The average molecular weight is 1190 g/mol. The van der Waals surface area contributed by atoms with Crippen LogP contribution in [0.25, 0.3) is 21.3 Å². The SMILES string of the molecule is Cc1c(-c2cccnc2C(=O)O)c(N2CCc3cccc(C(=O)Nc4nc5ccccc5s4)c3C2)nn1CC12CC3(C)CC(C)(CC(CCCNCCS(=O)(=O)OCC(C)(C)CCO[Si](c4ccccc4)(c4ccccc4)C(C)(C)C)(C3)C1)C2. The van der Waals surface area contributed by atoms with Crippen LogP contribution in [0.1, 0.15) is 144 Å². The van der Waals surface area contributed by atoms with Gasteiger partial charge in [-0.3, -0.25) is 19.0 Å². The zero-order valence-electron chi connectivity index (χ0n) is 50.2. The van der Waals surface area contributed by atoms with Crippen LogP contribution in [0.15, 0.2) is 121 Å². The summed E-state index contributed by atoms with van der Waals surface area (Å²) in [6.45, 7) is 21.3. The molecule has 0 saturated heterocycles. The quantitative estimate of drug-likeness (QED) is 0.0314. The number of amides is 1. The van der Waals surface area contributed by atoms with Gasteiger partial charge in [0.1, 0.15) is 0 Å². The Morgan fingerprint density at radius 2 is 1.49 bits per heavy atom. The van der Waals surface area contributed by atoms with Crippen LogP contribution in [0.2, 0.25) is 5.04 Å². The lowest BCUT2D eigenvalue weighted by atomic mass is 9.35. The van der Waals surface area contributed by atoms with E-state index in [2.05, 4.69) is 140 Å². The number of hydrogen-bond donors (Lipinski definition) is 3. The van der Waals surface area contributed by atoms with Gasteiger partial charge < -0.3 is 19.7 Å². The summed E-state index contributed by atoms with van der Waals surface area (Å²) in [5.74, 6) is -0.718. The fourth-order valence-electron chi connectivity index (χ4n) is 16.5. The molecule has 2 atom stereocenters. The lowest BCUT2D eigenvalue weighted by molar-refractivity contribution is -0.197. The number of thiazole rings is 1. The zero-order valence-corrected chi connectivity index (χ0v) is 52.9. The molecule has 14 nitrogen and oxygen atoms in total. The van der Waals surface area contributed by atoms with Gasteiger partial charge in [0.2, 0.25) is 0 Å². The van der Waals surface area contributed by atoms with Crippen molar-refractivity contribution >= 4 is 73.2 Å². The molecular weight excluding hydrogens is 1110 g/mol. The Hall–Kier alpha value is -6.08. The molecule has 3 aromatic heterocycles. The standard InChI is InChI=1S/C67H83N7O7S2Si/c1-47-56(52-26-18-33-69-57(52)60(76)77)58(73-35-29-48-20-17-25-51(53(48)38-73)59(75)71-61-70-54-27-15-16-28-55(54)82-61)72-74(47)45-67-42-64(7)39-65(8,43-67)41-66(40-64,44-67)30-19-32-68-34-37-83(78,79)80-46-63(5,6)31-36-81-84(62(2,3)4,49-21-11-9-12-22-49)50-23-13-10-14-24-50/h9-18,20-28,33,68H,19,29-32,34-46H2,1-8H3,(H,76,77)(H,70,71,75). The van der Waals surface area contributed by atoms with Gasteiger partial charge in [0.05, 0.1) is 22.6 Å². The number of pyridine rings is 1.